The smallest absolute Gasteiger partial charge is 0.227 e. The van der Waals surface area contributed by atoms with Gasteiger partial charge in [0.15, 0.2) is 0 Å². The molecule has 1 aliphatic heterocycles. The number of hydrogen-bond donors (Lipinski definition) is 1. The maximum Gasteiger partial charge on any atom is 0.227 e. The number of nitrogens with zero attached hydrogens (tertiary/aromatic N) is 1. The van der Waals surface area contributed by atoms with Crippen LogP contribution in [-0.4, -0.2) is 37.5 Å². The van der Waals surface area contributed by atoms with Crippen molar-refractivity contribution in [2.24, 2.45) is 11.8 Å². The summed E-state index contributed by atoms with van der Waals surface area (Å²) in [6, 6.07) is 0. The Bertz CT molecular complexity index is 232. The summed E-state index contributed by atoms with van der Waals surface area (Å²) in [5.74, 6) is 3.17. The Morgan fingerprint density at radius 3 is 2.85 bits per heavy atom. The molecule has 0 saturated carbocycles. The average Bonchev–Trinajstić information content (AvgIpc) is 2.50. The third-order valence-electron chi connectivity index (χ3n) is 2.54. The van der Waals surface area contributed by atoms with Crippen molar-refractivity contribution in [1.29, 1.82) is 0 Å². The zero-order valence-electron chi connectivity index (χ0n) is 8.21. The van der Waals surface area contributed by atoms with Crippen LogP contribution in [0.15, 0.2) is 0 Å². The van der Waals surface area contributed by atoms with Crippen LogP contribution < -0.4 is 5.32 Å². The lowest BCUT2D eigenvalue weighted by Gasteiger charge is -2.20. The van der Waals surface area contributed by atoms with Crippen molar-refractivity contribution in [3.63, 3.8) is 0 Å². The van der Waals surface area contributed by atoms with Gasteiger partial charge in [0.05, 0.1) is 12.5 Å². The minimum Gasteiger partial charge on any atom is -0.334 e. The van der Waals surface area contributed by atoms with Gasteiger partial charge in [-0.2, -0.15) is 0 Å². The monoisotopic (exact) mass is 180 g/mol. The van der Waals surface area contributed by atoms with Gasteiger partial charge >= 0.3 is 0 Å². The van der Waals surface area contributed by atoms with Gasteiger partial charge in [-0.05, 0) is 12.5 Å². The molecule has 0 aromatic heterocycles. The molecule has 3 nitrogen and oxygen atoms in total. The minimum atomic E-state index is 0.110. The summed E-state index contributed by atoms with van der Waals surface area (Å²) in [4.78, 5) is 13.4. The Kier molecular flexibility index (Phi) is 3.32. The van der Waals surface area contributed by atoms with Crippen LogP contribution in [-0.2, 0) is 4.79 Å². The summed E-state index contributed by atoms with van der Waals surface area (Å²) in [5.41, 5.74) is 0. The summed E-state index contributed by atoms with van der Waals surface area (Å²) in [6.45, 7) is 4.21. The Morgan fingerprint density at radius 1 is 1.69 bits per heavy atom. The van der Waals surface area contributed by atoms with Gasteiger partial charge in [0.2, 0.25) is 5.91 Å². The maximum absolute atomic E-state index is 11.7. The molecule has 0 spiro atoms. The molecule has 0 radical (unpaired) electrons. The fourth-order valence-electron chi connectivity index (χ4n) is 1.64. The number of carbonyl (C=O) groups excluding carboxylic acids is 1. The van der Waals surface area contributed by atoms with E-state index in [2.05, 4.69) is 18.2 Å². The fourth-order valence-corrected chi connectivity index (χ4v) is 1.64. The number of carbonyl (C=O) groups is 1. The zero-order chi connectivity index (χ0) is 9.84. The van der Waals surface area contributed by atoms with E-state index in [9.17, 15) is 4.79 Å². The summed E-state index contributed by atoms with van der Waals surface area (Å²) >= 11 is 0. The standard InChI is InChI=1S/C10H16N2O/c1-4-5-12(3)10(13)9-7-11-6-8(9)2/h1,8-9,11H,5-7H2,2-3H3/t8-,9-/m1/s1. The van der Waals surface area contributed by atoms with E-state index in [1.807, 2.05) is 0 Å². The highest BCUT2D eigenvalue weighted by Gasteiger charge is 2.31. The lowest BCUT2D eigenvalue weighted by atomic mass is 9.97. The molecule has 1 heterocycles. The molecule has 1 fully saturated rings. The molecule has 1 N–H and O–H groups in total. The van der Waals surface area contributed by atoms with Crippen LogP contribution >= 0.6 is 0 Å². The van der Waals surface area contributed by atoms with Crippen LogP contribution in [0.1, 0.15) is 6.92 Å². The molecule has 0 aromatic rings. The van der Waals surface area contributed by atoms with Crippen LogP contribution in [0.25, 0.3) is 0 Å². The number of hydrogen-bond acceptors (Lipinski definition) is 2. The number of nitrogens with one attached hydrogen (secondary N) is 1. The molecule has 1 rings (SSSR count). The molecular formula is C10H16N2O. The van der Waals surface area contributed by atoms with Crippen molar-refractivity contribution in [2.75, 3.05) is 26.7 Å². The second-order valence-electron chi connectivity index (χ2n) is 3.64. The second kappa shape index (κ2) is 4.29. The molecule has 3 heteroatoms. The Morgan fingerprint density at radius 2 is 2.38 bits per heavy atom. The van der Waals surface area contributed by atoms with Crippen molar-refractivity contribution in [3.05, 3.63) is 0 Å². The maximum atomic E-state index is 11.7. The first-order valence-corrected chi connectivity index (χ1v) is 4.56. The predicted octanol–water partition coefficient (Wildman–Crippen LogP) is -0.0665. The molecule has 1 amide bonds. The lowest BCUT2D eigenvalue weighted by molar-refractivity contribution is -0.134. The topological polar surface area (TPSA) is 32.3 Å². The van der Waals surface area contributed by atoms with Gasteiger partial charge in [0.25, 0.3) is 0 Å². The Labute approximate surface area is 79.5 Å². The molecule has 0 aromatic carbocycles. The van der Waals surface area contributed by atoms with Crippen LogP contribution in [0, 0.1) is 24.2 Å². The van der Waals surface area contributed by atoms with Gasteiger partial charge in [0, 0.05) is 13.6 Å². The van der Waals surface area contributed by atoms with Crippen LogP contribution in [0.5, 0.6) is 0 Å². The van der Waals surface area contributed by atoms with E-state index in [1.54, 1.807) is 11.9 Å². The molecule has 0 aliphatic carbocycles. The summed E-state index contributed by atoms with van der Waals surface area (Å²) in [7, 11) is 1.76. The average molecular weight is 180 g/mol. The lowest BCUT2D eigenvalue weighted by Crippen LogP contribution is -2.36. The van der Waals surface area contributed by atoms with Crippen molar-refractivity contribution in [2.45, 2.75) is 6.92 Å². The van der Waals surface area contributed by atoms with E-state index in [-0.39, 0.29) is 11.8 Å². The normalized spacial score (nSPS) is 26.8. The van der Waals surface area contributed by atoms with Crippen LogP contribution in [0.3, 0.4) is 0 Å². The van der Waals surface area contributed by atoms with E-state index in [0.29, 0.717) is 12.5 Å². The third kappa shape index (κ3) is 2.22. The second-order valence-corrected chi connectivity index (χ2v) is 3.64. The molecule has 0 unspecified atom stereocenters. The van der Waals surface area contributed by atoms with Gasteiger partial charge in [-0.15, -0.1) is 6.42 Å². The zero-order valence-corrected chi connectivity index (χ0v) is 8.21. The highest BCUT2D eigenvalue weighted by molar-refractivity contribution is 5.79. The van der Waals surface area contributed by atoms with E-state index in [0.717, 1.165) is 13.1 Å². The van der Waals surface area contributed by atoms with Gasteiger partial charge in [-0.25, -0.2) is 0 Å². The van der Waals surface area contributed by atoms with Crippen LogP contribution in [0.4, 0.5) is 0 Å². The summed E-state index contributed by atoms with van der Waals surface area (Å²) < 4.78 is 0. The molecule has 0 bridgehead atoms. The molecular weight excluding hydrogens is 164 g/mol. The first-order valence-electron chi connectivity index (χ1n) is 4.56. The van der Waals surface area contributed by atoms with Gasteiger partial charge < -0.3 is 10.2 Å². The van der Waals surface area contributed by atoms with Gasteiger partial charge in [-0.3, -0.25) is 4.79 Å². The number of terminal acetylenes is 1. The predicted molar refractivity (Wildman–Crippen MR) is 52.0 cm³/mol. The molecule has 2 atom stereocenters. The Balaban J connectivity index is 2.52. The van der Waals surface area contributed by atoms with Crippen molar-refractivity contribution in [1.82, 2.24) is 10.2 Å². The summed E-state index contributed by atoms with van der Waals surface area (Å²) in [5, 5.41) is 3.20. The van der Waals surface area contributed by atoms with E-state index in [4.69, 9.17) is 6.42 Å². The molecule has 72 valence electrons. The first-order chi connectivity index (χ1) is 6.16. The Hall–Kier alpha value is -1.01. The van der Waals surface area contributed by atoms with Gasteiger partial charge in [0.1, 0.15) is 0 Å². The van der Waals surface area contributed by atoms with Crippen molar-refractivity contribution < 1.29 is 4.79 Å². The SMILES string of the molecule is C#CCN(C)C(=O)[C@@H]1CNC[C@H]1C. The highest BCUT2D eigenvalue weighted by Crippen LogP contribution is 2.17. The molecule has 1 aliphatic rings. The summed E-state index contributed by atoms with van der Waals surface area (Å²) in [6.07, 6.45) is 5.14. The fraction of sp³-hybridized carbons (Fsp3) is 0.700. The quantitative estimate of drug-likeness (QED) is 0.603. The highest BCUT2D eigenvalue weighted by atomic mass is 16.2. The number of rotatable bonds is 2. The van der Waals surface area contributed by atoms with Crippen molar-refractivity contribution >= 4 is 5.91 Å². The molecule has 13 heavy (non-hydrogen) atoms. The van der Waals surface area contributed by atoms with E-state index >= 15 is 0 Å². The third-order valence-corrected chi connectivity index (χ3v) is 2.54. The largest absolute Gasteiger partial charge is 0.334 e. The van der Waals surface area contributed by atoms with Crippen LogP contribution in [0.2, 0.25) is 0 Å². The van der Waals surface area contributed by atoms with E-state index in [1.165, 1.54) is 0 Å². The minimum absolute atomic E-state index is 0.110. The van der Waals surface area contributed by atoms with E-state index < -0.39 is 0 Å². The first kappa shape index (κ1) is 10.1. The van der Waals surface area contributed by atoms with Crippen molar-refractivity contribution in [3.8, 4) is 12.3 Å². The molecule has 1 saturated heterocycles. The number of amides is 1. The van der Waals surface area contributed by atoms with Gasteiger partial charge in [-0.1, -0.05) is 12.8 Å².